The lowest BCUT2D eigenvalue weighted by atomic mass is 10.0. The van der Waals surface area contributed by atoms with E-state index < -0.39 is 0 Å². The average Bonchev–Trinajstić information content (AvgIpc) is 2.69. The van der Waals surface area contributed by atoms with Crippen molar-refractivity contribution < 1.29 is 14.4 Å². The number of rotatable bonds is 7. The molecule has 0 atom stereocenters. The van der Waals surface area contributed by atoms with Crippen LogP contribution in [0.2, 0.25) is 0 Å². The van der Waals surface area contributed by atoms with E-state index in [9.17, 15) is 4.79 Å². The van der Waals surface area contributed by atoms with Crippen molar-refractivity contribution >= 4 is 5.91 Å². The van der Waals surface area contributed by atoms with Gasteiger partial charge in [0.2, 0.25) is 0 Å². The van der Waals surface area contributed by atoms with Gasteiger partial charge in [0.1, 0.15) is 6.54 Å². The molecule has 2 aromatic carbocycles. The van der Waals surface area contributed by atoms with E-state index in [2.05, 4.69) is 35.6 Å². The zero-order chi connectivity index (χ0) is 19.1. The Hall–Kier alpha value is -2.17. The SMILES string of the molecule is CC(C)OCc1ccc(C(=O)NC2CC[NH+](Cc3ccccc3)CC2)cc1. The fraction of sp³-hybridized carbons (Fsp3) is 0.435. The monoisotopic (exact) mass is 367 g/mol. The second kappa shape index (κ2) is 9.67. The molecule has 1 heterocycles. The maximum Gasteiger partial charge on any atom is 0.251 e. The number of hydrogen-bond donors (Lipinski definition) is 2. The molecule has 3 rings (SSSR count). The van der Waals surface area contributed by atoms with Crippen molar-refractivity contribution in [3.05, 3.63) is 71.3 Å². The first kappa shape index (κ1) is 19.6. The molecule has 1 saturated heterocycles. The molecule has 0 saturated carbocycles. The molecule has 0 aliphatic carbocycles. The summed E-state index contributed by atoms with van der Waals surface area (Å²) in [6.45, 7) is 7.91. The Bertz CT molecular complexity index is 705. The summed E-state index contributed by atoms with van der Waals surface area (Å²) < 4.78 is 5.60. The predicted octanol–water partition coefficient (Wildman–Crippen LogP) is 2.59. The quantitative estimate of drug-likeness (QED) is 0.790. The molecule has 1 aliphatic heterocycles. The Balaban J connectivity index is 1.43. The first-order chi connectivity index (χ1) is 13.1. The summed E-state index contributed by atoms with van der Waals surface area (Å²) in [5, 5.41) is 3.21. The van der Waals surface area contributed by atoms with Crippen LogP contribution in [-0.2, 0) is 17.9 Å². The molecule has 1 amide bonds. The van der Waals surface area contributed by atoms with Gasteiger partial charge in [-0.15, -0.1) is 0 Å². The summed E-state index contributed by atoms with van der Waals surface area (Å²) in [4.78, 5) is 14.1. The molecular weight excluding hydrogens is 336 g/mol. The van der Waals surface area contributed by atoms with Crippen molar-refractivity contribution in [2.75, 3.05) is 13.1 Å². The van der Waals surface area contributed by atoms with Crippen LogP contribution in [-0.4, -0.2) is 31.1 Å². The fourth-order valence-electron chi connectivity index (χ4n) is 3.52. The van der Waals surface area contributed by atoms with Crippen LogP contribution < -0.4 is 10.2 Å². The highest BCUT2D eigenvalue weighted by atomic mass is 16.5. The van der Waals surface area contributed by atoms with Gasteiger partial charge < -0.3 is 15.0 Å². The molecule has 1 aliphatic rings. The van der Waals surface area contributed by atoms with Crippen molar-refractivity contribution in [3.8, 4) is 0 Å². The van der Waals surface area contributed by atoms with Crippen molar-refractivity contribution in [2.24, 2.45) is 0 Å². The Kier molecular flexibility index (Phi) is 7.02. The van der Waals surface area contributed by atoms with E-state index in [1.165, 1.54) is 5.56 Å². The normalized spacial score (nSPS) is 19.8. The van der Waals surface area contributed by atoms with Gasteiger partial charge in [0.05, 0.1) is 25.8 Å². The smallest absolute Gasteiger partial charge is 0.251 e. The first-order valence-electron chi connectivity index (χ1n) is 9.99. The van der Waals surface area contributed by atoms with E-state index >= 15 is 0 Å². The van der Waals surface area contributed by atoms with Crippen LogP contribution in [0.4, 0.5) is 0 Å². The third-order valence-corrected chi connectivity index (χ3v) is 5.12. The highest BCUT2D eigenvalue weighted by molar-refractivity contribution is 5.94. The number of nitrogens with one attached hydrogen (secondary N) is 2. The summed E-state index contributed by atoms with van der Waals surface area (Å²) in [6, 6.07) is 18.7. The minimum Gasteiger partial charge on any atom is -0.374 e. The lowest BCUT2D eigenvalue weighted by Crippen LogP contribution is -3.12. The van der Waals surface area contributed by atoms with Gasteiger partial charge in [-0.25, -0.2) is 0 Å². The Morgan fingerprint density at radius 1 is 1.04 bits per heavy atom. The van der Waals surface area contributed by atoms with Crippen molar-refractivity contribution in [3.63, 3.8) is 0 Å². The number of hydrogen-bond acceptors (Lipinski definition) is 2. The molecule has 4 heteroatoms. The third kappa shape index (κ3) is 6.19. The Morgan fingerprint density at radius 3 is 2.33 bits per heavy atom. The summed E-state index contributed by atoms with van der Waals surface area (Å²) >= 11 is 0. The lowest BCUT2D eigenvalue weighted by molar-refractivity contribution is -0.918. The number of benzene rings is 2. The number of ether oxygens (including phenoxy) is 1. The molecule has 0 spiro atoms. The van der Waals surface area contributed by atoms with Gasteiger partial charge in [0, 0.05) is 30.0 Å². The molecule has 2 aromatic rings. The third-order valence-electron chi connectivity index (χ3n) is 5.12. The van der Waals surface area contributed by atoms with E-state index in [4.69, 9.17) is 4.74 Å². The molecule has 0 bridgehead atoms. The molecule has 4 nitrogen and oxygen atoms in total. The predicted molar refractivity (Wildman–Crippen MR) is 108 cm³/mol. The number of amides is 1. The molecule has 0 radical (unpaired) electrons. The summed E-state index contributed by atoms with van der Waals surface area (Å²) in [5.41, 5.74) is 3.21. The maximum absolute atomic E-state index is 12.5. The van der Waals surface area contributed by atoms with Crippen LogP contribution >= 0.6 is 0 Å². The Labute approximate surface area is 162 Å². The molecular formula is C23H31N2O2+. The minimum atomic E-state index is 0.0304. The summed E-state index contributed by atoms with van der Waals surface area (Å²) in [5.74, 6) is 0.0304. The molecule has 1 fully saturated rings. The highest BCUT2D eigenvalue weighted by Gasteiger charge is 2.23. The van der Waals surface area contributed by atoms with Gasteiger partial charge in [-0.2, -0.15) is 0 Å². The van der Waals surface area contributed by atoms with Crippen LogP contribution in [0.15, 0.2) is 54.6 Å². The van der Waals surface area contributed by atoms with Gasteiger partial charge in [-0.1, -0.05) is 42.5 Å². The van der Waals surface area contributed by atoms with Crippen LogP contribution in [0, 0.1) is 0 Å². The van der Waals surface area contributed by atoms with E-state index in [-0.39, 0.29) is 18.1 Å². The number of piperidine rings is 1. The zero-order valence-electron chi connectivity index (χ0n) is 16.4. The molecule has 27 heavy (non-hydrogen) atoms. The largest absolute Gasteiger partial charge is 0.374 e. The highest BCUT2D eigenvalue weighted by Crippen LogP contribution is 2.09. The number of carbonyl (C=O) groups excluding carboxylic acids is 1. The van der Waals surface area contributed by atoms with E-state index in [0.29, 0.717) is 6.61 Å². The van der Waals surface area contributed by atoms with E-state index in [0.717, 1.165) is 43.6 Å². The zero-order valence-corrected chi connectivity index (χ0v) is 16.4. The number of carbonyl (C=O) groups is 1. The number of quaternary nitrogens is 1. The average molecular weight is 368 g/mol. The summed E-state index contributed by atoms with van der Waals surface area (Å²) in [7, 11) is 0. The second-order valence-corrected chi connectivity index (χ2v) is 7.72. The fourth-order valence-corrected chi connectivity index (χ4v) is 3.52. The van der Waals surface area contributed by atoms with Crippen LogP contribution in [0.1, 0.15) is 48.2 Å². The Morgan fingerprint density at radius 2 is 1.70 bits per heavy atom. The van der Waals surface area contributed by atoms with E-state index in [1.54, 1.807) is 4.90 Å². The van der Waals surface area contributed by atoms with Gasteiger partial charge in [0.25, 0.3) is 5.91 Å². The van der Waals surface area contributed by atoms with Crippen LogP contribution in [0.3, 0.4) is 0 Å². The van der Waals surface area contributed by atoms with Crippen LogP contribution in [0.5, 0.6) is 0 Å². The van der Waals surface area contributed by atoms with Crippen molar-refractivity contribution in [1.29, 1.82) is 0 Å². The topological polar surface area (TPSA) is 42.8 Å². The van der Waals surface area contributed by atoms with Gasteiger partial charge >= 0.3 is 0 Å². The van der Waals surface area contributed by atoms with Crippen LogP contribution in [0.25, 0.3) is 0 Å². The number of likely N-dealkylation sites (tertiary alicyclic amines) is 1. The molecule has 144 valence electrons. The minimum absolute atomic E-state index is 0.0304. The molecule has 0 unspecified atom stereocenters. The first-order valence-corrected chi connectivity index (χ1v) is 9.99. The second-order valence-electron chi connectivity index (χ2n) is 7.72. The van der Waals surface area contributed by atoms with Crippen molar-refractivity contribution in [1.82, 2.24) is 5.32 Å². The standard InChI is InChI=1S/C23H30N2O2/c1-18(2)27-17-20-8-10-21(11-9-20)23(26)24-22-12-14-25(15-13-22)16-19-6-4-3-5-7-19/h3-11,18,22H,12-17H2,1-2H3,(H,24,26)/p+1. The van der Waals surface area contributed by atoms with Gasteiger partial charge in [-0.3, -0.25) is 4.79 Å². The van der Waals surface area contributed by atoms with E-state index in [1.807, 2.05) is 38.1 Å². The molecule has 0 aromatic heterocycles. The lowest BCUT2D eigenvalue weighted by Gasteiger charge is -2.29. The van der Waals surface area contributed by atoms with Gasteiger partial charge in [-0.05, 0) is 31.5 Å². The van der Waals surface area contributed by atoms with Crippen molar-refractivity contribution in [2.45, 2.75) is 52.0 Å². The summed E-state index contributed by atoms with van der Waals surface area (Å²) in [6.07, 6.45) is 2.28. The van der Waals surface area contributed by atoms with Gasteiger partial charge in [0.15, 0.2) is 0 Å². The molecule has 2 N–H and O–H groups in total. The maximum atomic E-state index is 12.5.